The summed E-state index contributed by atoms with van der Waals surface area (Å²) in [6.45, 7) is 8.62. The molecule has 0 aromatic heterocycles. The van der Waals surface area contributed by atoms with Crippen molar-refractivity contribution < 1.29 is 4.74 Å². The maximum absolute atomic E-state index is 5.05. The van der Waals surface area contributed by atoms with E-state index < -0.39 is 0 Å². The lowest BCUT2D eigenvalue weighted by Crippen LogP contribution is -2.39. The van der Waals surface area contributed by atoms with Crippen LogP contribution < -0.4 is 10.6 Å². The first-order chi connectivity index (χ1) is 11.3. The Balaban J connectivity index is 1.70. The van der Waals surface area contributed by atoms with E-state index in [2.05, 4.69) is 51.7 Å². The number of guanidine groups is 1. The molecular formula is C18H30N4O. The number of rotatable bonds is 8. The van der Waals surface area contributed by atoms with Crippen LogP contribution in [-0.2, 0) is 17.7 Å². The third-order valence-electron chi connectivity index (χ3n) is 4.05. The van der Waals surface area contributed by atoms with Crippen LogP contribution in [-0.4, -0.2) is 57.3 Å². The minimum Gasteiger partial charge on any atom is -0.383 e. The van der Waals surface area contributed by atoms with Gasteiger partial charge in [-0.05, 0) is 30.9 Å². The Kier molecular flexibility index (Phi) is 7.90. The predicted octanol–water partition coefficient (Wildman–Crippen LogP) is 1.64. The fourth-order valence-corrected chi connectivity index (χ4v) is 2.84. The van der Waals surface area contributed by atoms with Gasteiger partial charge in [-0.3, -0.25) is 9.89 Å². The van der Waals surface area contributed by atoms with Crippen LogP contribution in [0.25, 0.3) is 0 Å². The van der Waals surface area contributed by atoms with Crippen molar-refractivity contribution >= 4 is 5.96 Å². The molecule has 1 heterocycles. The van der Waals surface area contributed by atoms with Crippen molar-refractivity contribution in [2.75, 3.05) is 46.4 Å². The van der Waals surface area contributed by atoms with E-state index in [0.29, 0.717) is 6.61 Å². The summed E-state index contributed by atoms with van der Waals surface area (Å²) in [6, 6.07) is 8.79. The van der Waals surface area contributed by atoms with E-state index in [0.717, 1.165) is 51.6 Å². The van der Waals surface area contributed by atoms with Gasteiger partial charge in [-0.25, -0.2) is 0 Å². The van der Waals surface area contributed by atoms with Gasteiger partial charge in [0, 0.05) is 46.4 Å². The minimum atomic E-state index is 0.692. The monoisotopic (exact) mass is 318 g/mol. The molecule has 1 aliphatic rings. The van der Waals surface area contributed by atoms with Gasteiger partial charge in [0.15, 0.2) is 5.96 Å². The van der Waals surface area contributed by atoms with Crippen molar-refractivity contribution in [3.05, 3.63) is 35.4 Å². The molecule has 5 heteroatoms. The fraction of sp³-hybridized carbons (Fsp3) is 0.611. The van der Waals surface area contributed by atoms with Gasteiger partial charge >= 0.3 is 0 Å². The van der Waals surface area contributed by atoms with Gasteiger partial charge in [0.1, 0.15) is 0 Å². The van der Waals surface area contributed by atoms with Crippen molar-refractivity contribution in [2.45, 2.75) is 26.3 Å². The molecule has 0 unspecified atom stereocenters. The summed E-state index contributed by atoms with van der Waals surface area (Å²) < 4.78 is 5.05. The Hall–Kier alpha value is -1.59. The standard InChI is InChI=1S/C18H30N4O/c1-3-19-18(21-11-14-23-2)20-10-6-12-22-13-9-16-7-4-5-8-17(16)15-22/h4-5,7-8H,3,6,9-15H2,1-2H3,(H2,19,20,21). The van der Waals surface area contributed by atoms with Crippen LogP contribution in [0.1, 0.15) is 24.5 Å². The summed E-state index contributed by atoms with van der Waals surface area (Å²) in [5.74, 6) is 0.883. The van der Waals surface area contributed by atoms with Gasteiger partial charge in [-0.15, -0.1) is 0 Å². The molecule has 2 N–H and O–H groups in total. The third kappa shape index (κ3) is 6.20. The maximum Gasteiger partial charge on any atom is 0.191 e. The number of aliphatic imine (C=N–C) groups is 1. The number of fused-ring (bicyclic) bond motifs is 1. The first-order valence-corrected chi connectivity index (χ1v) is 8.63. The summed E-state index contributed by atoms with van der Waals surface area (Å²) in [6.07, 6.45) is 2.25. The van der Waals surface area contributed by atoms with Crippen LogP contribution in [0.3, 0.4) is 0 Å². The Labute approximate surface area is 140 Å². The summed E-state index contributed by atoms with van der Waals surface area (Å²) in [7, 11) is 1.71. The smallest absolute Gasteiger partial charge is 0.191 e. The molecule has 23 heavy (non-hydrogen) atoms. The van der Waals surface area contributed by atoms with Crippen LogP contribution in [0, 0.1) is 0 Å². The summed E-state index contributed by atoms with van der Waals surface area (Å²) in [5, 5.41) is 6.54. The van der Waals surface area contributed by atoms with E-state index in [-0.39, 0.29) is 0 Å². The summed E-state index contributed by atoms with van der Waals surface area (Å²) >= 11 is 0. The highest BCUT2D eigenvalue weighted by Gasteiger charge is 2.14. The van der Waals surface area contributed by atoms with E-state index in [4.69, 9.17) is 4.74 Å². The second-order valence-electron chi connectivity index (χ2n) is 5.83. The van der Waals surface area contributed by atoms with Crippen LogP contribution in [0.5, 0.6) is 0 Å². The lowest BCUT2D eigenvalue weighted by molar-refractivity contribution is 0.203. The topological polar surface area (TPSA) is 48.9 Å². The number of hydrogen-bond acceptors (Lipinski definition) is 3. The van der Waals surface area contributed by atoms with Gasteiger partial charge in [0.25, 0.3) is 0 Å². The van der Waals surface area contributed by atoms with Crippen LogP contribution >= 0.6 is 0 Å². The van der Waals surface area contributed by atoms with E-state index in [1.165, 1.54) is 17.5 Å². The average molecular weight is 318 g/mol. The fourth-order valence-electron chi connectivity index (χ4n) is 2.84. The Morgan fingerprint density at radius 1 is 1.26 bits per heavy atom. The van der Waals surface area contributed by atoms with E-state index in [9.17, 15) is 0 Å². The zero-order chi connectivity index (χ0) is 16.3. The van der Waals surface area contributed by atoms with Crippen molar-refractivity contribution in [3.63, 3.8) is 0 Å². The SMILES string of the molecule is CCNC(=NCCCN1CCc2ccccc2C1)NCCOC. The average Bonchev–Trinajstić information content (AvgIpc) is 2.58. The highest BCUT2D eigenvalue weighted by Crippen LogP contribution is 2.18. The zero-order valence-corrected chi connectivity index (χ0v) is 14.5. The van der Waals surface area contributed by atoms with Gasteiger partial charge in [-0.2, -0.15) is 0 Å². The number of methoxy groups -OCH3 is 1. The second kappa shape index (κ2) is 10.2. The van der Waals surface area contributed by atoms with Crippen molar-refractivity contribution in [1.29, 1.82) is 0 Å². The van der Waals surface area contributed by atoms with Crippen LogP contribution in [0.15, 0.2) is 29.3 Å². The van der Waals surface area contributed by atoms with Crippen LogP contribution in [0.4, 0.5) is 0 Å². The van der Waals surface area contributed by atoms with Crippen molar-refractivity contribution in [3.8, 4) is 0 Å². The maximum atomic E-state index is 5.05. The third-order valence-corrected chi connectivity index (χ3v) is 4.05. The highest BCUT2D eigenvalue weighted by molar-refractivity contribution is 5.79. The molecule has 2 rings (SSSR count). The van der Waals surface area contributed by atoms with Gasteiger partial charge in [-0.1, -0.05) is 24.3 Å². The zero-order valence-electron chi connectivity index (χ0n) is 14.5. The Bertz CT molecular complexity index is 490. The van der Waals surface area contributed by atoms with Gasteiger partial charge < -0.3 is 15.4 Å². The van der Waals surface area contributed by atoms with Gasteiger partial charge in [0.2, 0.25) is 0 Å². The molecule has 0 saturated heterocycles. The lowest BCUT2D eigenvalue weighted by Gasteiger charge is -2.28. The van der Waals surface area contributed by atoms with Crippen molar-refractivity contribution in [2.24, 2.45) is 4.99 Å². The Morgan fingerprint density at radius 2 is 2.09 bits per heavy atom. The molecule has 0 spiro atoms. The molecule has 0 atom stereocenters. The second-order valence-corrected chi connectivity index (χ2v) is 5.83. The molecule has 0 saturated carbocycles. The Morgan fingerprint density at radius 3 is 2.87 bits per heavy atom. The molecule has 0 amide bonds. The summed E-state index contributed by atoms with van der Waals surface area (Å²) in [4.78, 5) is 7.16. The van der Waals surface area contributed by atoms with E-state index >= 15 is 0 Å². The molecule has 0 radical (unpaired) electrons. The lowest BCUT2D eigenvalue weighted by atomic mass is 10.00. The largest absolute Gasteiger partial charge is 0.383 e. The molecule has 0 aliphatic carbocycles. The first kappa shape index (κ1) is 17.8. The van der Waals surface area contributed by atoms with Gasteiger partial charge in [0.05, 0.1) is 6.61 Å². The molecule has 0 fully saturated rings. The molecular weight excluding hydrogens is 288 g/mol. The minimum absolute atomic E-state index is 0.692. The first-order valence-electron chi connectivity index (χ1n) is 8.63. The predicted molar refractivity (Wildman–Crippen MR) is 95.9 cm³/mol. The summed E-state index contributed by atoms with van der Waals surface area (Å²) in [5.41, 5.74) is 3.00. The number of nitrogens with one attached hydrogen (secondary N) is 2. The van der Waals surface area contributed by atoms with E-state index in [1.807, 2.05) is 0 Å². The molecule has 0 bridgehead atoms. The van der Waals surface area contributed by atoms with Crippen molar-refractivity contribution in [1.82, 2.24) is 15.5 Å². The van der Waals surface area contributed by atoms with E-state index in [1.54, 1.807) is 7.11 Å². The number of hydrogen-bond donors (Lipinski definition) is 2. The normalized spacial score (nSPS) is 15.3. The molecule has 1 aromatic carbocycles. The molecule has 128 valence electrons. The molecule has 5 nitrogen and oxygen atoms in total. The number of nitrogens with zero attached hydrogens (tertiary/aromatic N) is 2. The molecule has 1 aromatic rings. The quantitative estimate of drug-likeness (QED) is 0.435. The van der Waals surface area contributed by atoms with Crippen LogP contribution in [0.2, 0.25) is 0 Å². The number of ether oxygens (including phenoxy) is 1. The molecule has 1 aliphatic heterocycles. The number of benzene rings is 1. The highest BCUT2D eigenvalue weighted by atomic mass is 16.5.